The smallest absolute Gasteiger partial charge is 0.319 e. The summed E-state index contributed by atoms with van der Waals surface area (Å²) in [5.41, 5.74) is 3.77. The number of fused-ring (bicyclic) bond motifs is 1. The monoisotopic (exact) mass is 402 g/mol. The first-order chi connectivity index (χ1) is 13.6. The predicted octanol–water partition coefficient (Wildman–Crippen LogP) is 3.76. The molecule has 2 amide bonds. The molecule has 2 fully saturated rings. The lowest BCUT2D eigenvalue weighted by Gasteiger charge is -2.38. The molecule has 1 aromatic carbocycles. The van der Waals surface area contributed by atoms with Crippen molar-refractivity contribution in [2.75, 3.05) is 38.2 Å². The SMILES string of the molecule is CON1C=C2CCCCC2=CC1NC(=O)N1CCN(c2cccc(Cl)c2)CC1. The molecular weight excluding hydrogens is 376 g/mol. The highest BCUT2D eigenvalue weighted by atomic mass is 35.5. The van der Waals surface area contributed by atoms with Crippen LogP contribution in [-0.2, 0) is 4.84 Å². The summed E-state index contributed by atoms with van der Waals surface area (Å²) in [6.45, 7) is 2.93. The van der Waals surface area contributed by atoms with E-state index in [9.17, 15) is 4.79 Å². The van der Waals surface area contributed by atoms with E-state index in [1.807, 2.05) is 29.3 Å². The summed E-state index contributed by atoms with van der Waals surface area (Å²) in [5.74, 6) is 0. The number of allylic oxidation sites excluding steroid dienone is 2. The van der Waals surface area contributed by atoms with E-state index in [1.165, 1.54) is 24.0 Å². The van der Waals surface area contributed by atoms with Crippen LogP contribution in [0.5, 0.6) is 0 Å². The molecule has 1 saturated heterocycles. The fourth-order valence-corrected chi connectivity index (χ4v) is 4.30. The summed E-state index contributed by atoms with van der Waals surface area (Å²) in [4.78, 5) is 22.4. The molecule has 2 heterocycles. The van der Waals surface area contributed by atoms with Crippen LogP contribution in [0.15, 0.2) is 47.7 Å². The van der Waals surface area contributed by atoms with Gasteiger partial charge in [-0.2, -0.15) is 0 Å². The van der Waals surface area contributed by atoms with Crippen LogP contribution in [0, 0.1) is 0 Å². The van der Waals surface area contributed by atoms with Gasteiger partial charge in [-0.05, 0) is 61.1 Å². The highest BCUT2D eigenvalue weighted by Crippen LogP contribution is 2.32. The molecule has 1 unspecified atom stereocenters. The molecule has 7 heteroatoms. The van der Waals surface area contributed by atoms with Crippen LogP contribution in [0.4, 0.5) is 10.5 Å². The van der Waals surface area contributed by atoms with Crippen molar-refractivity contribution in [2.45, 2.75) is 31.8 Å². The average Bonchev–Trinajstić information content (AvgIpc) is 2.73. The quantitative estimate of drug-likeness (QED) is 0.836. The average molecular weight is 403 g/mol. The number of anilines is 1. The highest BCUT2D eigenvalue weighted by molar-refractivity contribution is 6.30. The zero-order valence-corrected chi connectivity index (χ0v) is 17.0. The fourth-order valence-electron chi connectivity index (χ4n) is 4.12. The van der Waals surface area contributed by atoms with Crippen LogP contribution < -0.4 is 10.2 Å². The van der Waals surface area contributed by atoms with E-state index in [2.05, 4.69) is 22.4 Å². The van der Waals surface area contributed by atoms with E-state index in [-0.39, 0.29) is 12.2 Å². The molecule has 6 nitrogen and oxygen atoms in total. The normalized spacial score (nSPS) is 22.4. The van der Waals surface area contributed by atoms with E-state index in [4.69, 9.17) is 16.4 Å². The van der Waals surface area contributed by atoms with Crippen molar-refractivity contribution in [1.82, 2.24) is 15.3 Å². The number of rotatable bonds is 3. The Bertz CT molecular complexity index is 786. The van der Waals surface area contributed by atoms with Gasteiger partial charge in [-0.15, -0.1) is 0 Å². The summed E-state index contributed by atoms with van der Waals surface area (Å²) < 4.78 is 0. The predicted molar refractivity (Wildman–Crippen MR) is 111 cm³/mol. The van der Waals surface area contributed by atoms with Gasteiger partial charge in [0.1, 0.15) is 6.17 Å². The molecule has 2 aliphatic heterocycles. The molecule has 1 aliphatic carbocycles. The number of nitrogens with one attached hydrogen (secondary N) is 1. The van der Waals surface area contributed by atoms with Gasteiger partial charge >= 0.3 is 6.03 Å². The second-order valence-electron chi connectivity index (χ2n) is 7.44. The van der Waals surface area contributed by atoms with Crippen molar-refractivity contribution in [2.24, 2.45) is 0 Å². The number of hydrogen-bond acceptors (Lipinski definition) is 4. The molecule has 1 N–H and O–H groups in total. The first-order valence-corrected chi connectivity index (χ1v) is 10.3. The summed E-state index contributed by atoms with van der Waals surface area (Å²) >= 11 is 6.10. The van der Waals surface area contributed by atoms with E-state index in [0.717, 1.165) is 36.6 Å². The Labute approximate surface area is 171 Å². The molecule has 0 bridgehead atoms. The Balaban J connectivity index is 1.35. The Hall–Kier alpha value is -2.18. The largest absolute Gasteiger partial charge is 0.368 e. The van der Waals surface area contributed by atoms with Gasteiger partial charge in [0.2, 0.25) is 0 Å². The number of carbonyl (C=O) groups excluding carboxylic acids is 1. The van der Waals surface area contributed by atoms with Crippen LogP contribution in [0.25, 0.3) is 0 Å². The molecule has 4 rings (SSSR count). The summed E-state index contributed by atoms with van der Waals surface area (Å²) in [7, 11) is 1.64. The van der Waals surface area contributed by atoms with Gasteiger partial charge in [0.05, 0.1) is 7.11 Å². The van der Waals surface area contributed by atoms with Gasteiger partial charge in [0.25, 0.3) is 0 Å². The number of halogens is 1. The van der Waals surface area contributed by atoms with Crippen molar-refractivity contribution in [3.05, 3.63) is 52.7 Å². The lowest BCUT2D eigenvalue weighted by atomic mass is 9.88. The number of piperazine rings is 1. The van der Waals surface area contributed by atoms with E-state index < -0.39 is 0 Å². The molecule has 1 atom stereocenters. The van der Waals surface area contributed by atoms with Crippen molar-refractivity contribution < 1.29 is 9.63 Å². The summed E-state index contributed by atoms with van der Waals surface area (Å²) in [5, 5.41) is 5.59. The Morgan fingerprint density at radius 3 is 2.61 bits per heavy atom. The standard InChI is InChI=1S/C21H27ClN4O2/c1-28-26-15-17-6-3-2-5-16(17)13-20(26)23-21(27)25-11-9-24(10-12-25)19-8-4-7-18(22)14-19/h4,7-8,13-15,20H,2-3,5-6,9-12H2,1H3,(H,23,27). The third-order valence-electron chi connectivity index (χ3n) is 5.69. The third-order valence-corrected chi connectivity index (χ3v) is 5.93. The van der Waals surface area contributed by atoms with Crippen LogP contribution in [0.2, 0.25) is 5.02 Å². The molecular formula is C21H27ClN4O2. The Morgan fingerprint density at radius 1 is 1.14 bits per heavy atom. The lowest BCUT2D eigenvalue weighted by Crippen LogP contribution is -2.56. The molecule has 3 aliphatic rings. The van der Waals surface area contributed by atoms with Gasteiger partial charge in [0, 0.05) is 43.1 Å². The van der Waals surface area contributed by atoms with Gasteiger partial charge < -0.3 is 15.1 Å². The van der Waals surface area contributed by atoms with Gasteiger partial charge in [-0.3, -0.25) is 4.84 Å². The van der Waals surface area contributed by atoms with E-state index in [0.29, 0.717) is 13.1 Å². The number of carbonyl (C=O) groups is 1. The lowest BCUT2D eigenvalue weighted by molar-refractivity contribution is -0.115. The maximum atomic E-state index is 12.8. The first kappa shape index (κ1) is 19.2. The second-order valence-corrected chi connectivity index (χ2v) is 7.88. The minimum Gasteiger partial charge on any atom is -0.368 e. The number of nitrogens with zero attached hydrogens (tertiary/aromatic N) is 3. The number of hydroxylamine groups is 2. The third kappa shape index (κ3) is 4.13. The van der Waals surface area contributed by atoms with E-state index >= 15 is 0 Å². The minimum absolute atomic E-state index is 0.0534. The minimum atomic E-state index is -0.264. The summed E-state index contributed by atoms with van der Waals surface area (Å²) in [6, 6.07) is 7.81. The topological polar surface area (TPSA) is 48.1 Å². The van der Waals surface area contributed by atoms with Gasteiger partial charge in [0.15, 0.2) is 0 Å². The second kappa shape index (κ2) is 8.45. The molecule has 0 aromatic heterocycles. The molecule has 0 spiro atoms. The first-order valence-electron chi connectivity index (χ1n) is 9.94. The zero-order valence-electron chi connectivity index (χ0n) is 16.2. The van der Waals surface area contributed by atoms with Crippen molar-refractivity contribution in [3.8, 4) is 0 Å². The van der Waals surface area contributed by atoms with Gasteiger partial charge in [-0.25, -0.2) is 9.86 Å². The Morgan fingerprint density at radius 2 is 1.89 bits per heavy atom. The number of benzene rings is 1. The number of amides is 2. The van der Waals surface area contributed by atoms with Crippen molar-refractivity contribution in [1.29, 1.82) is 0 Å². The van der Waals surface area contributed by atoms with Crippen molar-refractivity contribution in [3.63, 3.8) is 0 Å². The van der Waals surface area contributed by atoms with Gasteiger partial charge in [-0.1, -0.05) is 17.7 Å². The van der Waals surface area contributed by atoms with Crippen LogP contribution in [0.3, 0.4) is 0 Å². The molecule has 0 radical (unpaired) electrons. The number of urea groups is 1. The van der Waals surface area contributed by atoms with Crippen LogP contribution in [0.1, 0.15) is 25.7 Å². The van der Waals surface area contributed by atoms with Crippen LogP contribution in [-0.4, -0.2) is 55.4 Å². The Kier molecular flexibility index (Phi) is 5.78. The van der Waals surface area contributed by atoms with Crippen molar-refractivity contribution >= 4 is 23.3 Å². The van der Waals surface area contributed by atoms with Crippen LogP contribution >= 0.6 is 11.6 Å². The fraction of sp³-hybridized carbons (Fsp3) is 0.476. The molecule has 28 heavy (non-hydrogen) atoms. The highest BCUT2D eigenvalue weighted by Gasteiger charge is 2.28. The molecule has 1 saturated carbocycles. The molecule has 150 valence electrons. The maximum absolute atomic E-state index is 12.8. The number of hydrogen-bond donors (Lipinski definition) is 1. The van der Waals surface area contributed by atoms with E-state index in [1.54, 1.807) is 12.2 Å². The molecule has 1 aromatic rings. The summed E-state index contributed by atoms with van der Waals surface area (Å²) in [6.07, 6.45) is 8.50. The zero-order chi connectivity index (χ0) is 19.5. The maximum Gasteiger partial charge on any atom is 0.319 e.